The highest BCUT2D eigenvalue weighted by Gasteiger charge is 2.12. The molecule has 0 aliphatic rings. The van der Waals surface area contributed by atoms with Crippen LogP contribution < -0.4 is 11.5 Å². The average Bonchev–Trinajstić information content (AvgIpc) is 2.00. The molecule has 6 N–H and O–H groups in total. The molecule has 0 rings (SSSR count). The number of aliphatic hydroxyl groups is 2. The van der Waals surface area contributed by atoms with Crippen molar-refractivity contribution >= 4 is 0 Å². The van der Waals surface area contributed by atoms with Crippen LogP contribution in [0.25, 0.3) is 0 Å². The van der Waals surface area contributed by atoms with E-state index >= 15 is 0 Å². The summed E-state index contributed by atoms with van der Waals surface area (Å²) in [5.74, 6) is 0. The van der Waals surface area contributed by atoms with E-state index in [9.17, 15) is 5.11 Å². The Balaban J connectivity index is 3.38. The Morgan fingerprint density at radius 2 is 1.91 bits per heavy atom. The van der Waals surface area contributed by atoms with Crippen molar-refractivity contribution in [1.82, 2.24) is 0 Å². The molecule has 0 aliphatic carbocycles. The number of aliphatic hydroxyl groups excluding tert-OH is 2. The van der Waals surface area contributed by atoms with Gasteiger partial charge in [-0.25, -0.2) is 0 Å². The third kappa shape index (κ3) is 5.15. The molecular formula is C7H18N2O2. The summed E-state index contributed by atoms with van der Waals surface area (Å²) >= 11 is 0. The molecule has 0 heterocycles. The van der Waals surface area contributed by atoms with Crippen molar-refractivity contribution in [3.05, 3.63) is 0 Å². The lowest BCUT2D eigenvalue weighted by Gasteiger charge is -2.17. The maximum atomic E-state index is 9.26. The van der Waals surface area contributed by atoms with Crippen LogP contribution >= 0.6 is 0 Å². The number of nitrogens with two attached hydrogens (primary N) is 2. The number of hydrogen-bond acceptors (Lipinski definition) is 4. The maximum absolute atomic E-state index is 9.26. The number of hydrogen-bond donors (Lipinski definition) is 4. The molecule has 0 aliphatic heterocycles. The van der Waals surface area contributed by atoms with Crippen LogP contribution in [0.2, 0.25) is 0 Å². The zero-order chi connectivity index (χ0) is 8.69. The van der Waals surface area contributed by atoms with Gasteiger partial charge in [0.05, 0.1) is 6.10 Å². The van der Waals surface area contributed by atoms with E-state index in [2.05, 4.69) is 0 Å². The van der Waals surface area contributed by atoms with Crippen molar-refractivity contribution in [2.75, 3.05) is 13.2 Å². The summed E-state index contributed by atoms with van der Waals surface area (Å²) in [6, 6.07) is -0.245. The van der Waals surface area contributed by atoms with Crippen molar-refractivity contribution in [1.29, 1.82) is 0 Å². The molecule has 0 bridgehead atoms. The molecule has 0 radical (unpaired) electrons. The average molecular weight is 162 g/mol. The van der Waals surface area contributed by atoms with Gasteiger partial charge in [-0.2, -0.15) is 0 Å². The van der Waals surface area contributed by atoms with E-state index < -0.39 is 6.10 Å². The second-order valence-electron chi connectivity index (χ2n) is 2.67. The smallest absolute Gasteiger partial charge is 0.0703 e. The van der Waals surface area contributed by atoms with Gasteiger partial charge in [0, 0.05) is 12.6 Å². The Morgan fingerprint density at radius 3 is 2.36 bits per heavy atom. The van der Waals surface area contributed by atoms with Crippen molar-refractivity contribution in [3.8, 4) is 0 Å². The largest absolute Gasteiger partial charge is 0.396 e. The first-order valence-electron chi connectivity index (χ1n) is 3.97. The Kier molecular flexibility index (Phi) is 6.45. The van der Waals surface area contributed by atoms with Crippen molar-refractivity contribution in [3.63, 3.8) is 0 Å². The molecule has 68 valence electrons. The van der Waals surface area contributed by atoms with Gasteiger partial charge in [0.25, 0.3) is 0 Å². The van der Waals surface area contributed by atoms with Crippen LogP contribution in [-0.4, -0.2) is 35.5 Å². The van der Waals surface area contributed by atoms with Crippen LogP contribution in [0.15, 0.2) is 0 Å². The van der Waals surface area contributed by atoms with E-state index in [1.54, 1.807) is 0 Å². The molecule has 0 spiro atoms. The lowest BCUT2D eigenvalue weighted by Crippen LogP contribution is -2.36. The molecular weight excluding hydrogens is 144 g/mol. The highest BCUT2D eigenvalue weighted by atomic mass is 16.3. The normalized spacial score (nSPS) is 16.4. The highest BCUT2D eigenvalue weighted by molar-refractivity contribution is 4.71. The van der Waals surface area contributed by atoms with Gasteiger partial charge in [-0.1, -0.05) is 0 Å². The summed E-state index contributed by atoms with van der Waals surface area (Å²) in [6.45, 7) is 0.580. The van der Waals surface area contributed by atoms with E-state index in [0.29, 0.717) is 25.8 Å². The molecule has 0 aromatic carbocycles. The molecule has 0 aromatic rings. The van der Waals surface area contributed by atoms with E-state index in [0.717, 1.165) is 0 Å². The van der Waals surface area contributed by atoms with Crippen molar-refractivity contribution < 1.29 is 10.2 Å². The molecule has 0 saturated carbocycles. The van der Waals surface area contributed by atoms with Gasteiger partial charge in [0.2, 0.25) is 0 Å². The quantitative estimate of drug-likeness (QED) is 0.394. The Hall–Kier alpha value is -0.160. The van der Waals surface area contributed by atoms with Crippen LogP contribution in [0.3, 0.4) is 0 Å². The third-order valence-electron chi connectivity index (χ3n) is 1.65. The Bertz CT molecular complexity index is 90.5. The summed E-state index contributed by atoms with van der Waals surface area (Å²) in [6.07, 6.45) is 1.30. The number of rotatable bonds is 6. The van der Waals surface area contributed by atoms with Gasteiger partial charge in [0.1, 0.15) is 0 Å². The molecule has 0 saturated heterocycles. The summed E-state index contributed by atoms with van der Waals surface area (Å²) in [5.41, 5.74) is 10.8. The first kappa shape index (κ1) is 10.8. The molecule has 4 heteroatoms. The van der Waals surface area contributed by atoms with Crippen LogP contribution in [0.4, 0.5) is 0 Å². The van der Waals surface area contributed by atoms with E-state index in [1.807, 2.05) is 0 Å². The van der Waals surface area contributed by atoms with E-state index in [1.165, 1.54) is 0 Å². The fourth-order valence-corrected chi connectivity index (χ4v) is 0.904. The Morgan fingerprint density at radius 1 is 1.27 bits per heavy atom. The fraction of sp³-hybridized carbons (Fsp3) is 1.00. The fourth-order valence-electron chi connectivity index (χ4n) is 0.904. The maximum Gasteiger partial charge on any atom is 0.0703 e. The van der Waals surface area contributed by atoms with Gasteiger partial charge in [-0.15, -0.1) is 0 Å². The van der Waals surface area contributed by atoms with E-state index in [4.69, 9.17) is 16.6 Å². The van der Waals surface area contributed by atoms with Gasteiger partial charge in [0.15, 0.2) is 0 Å². The molecule has 0 aromatic heterocycles. The summed E-state index contributed by atoms with van der Waals surface area (Å²) in [4.78, 5) is 0. The summed E-state index contributed by atoms with van der Waals surface area (Å²) < 4.78 is 0. The molecule has 0 fully saturated rings. The first-order valence-corrected chi connectivity index (χ1v) is 3.97. The summed E-state index contributed by atoms with van der Waals surface area (Å²) in [7, 11) is 0. The van der Waals surface area contributed by atoms with Gasteiger partial charge in [-0.05, 0) is 25.8 Å². The minimum Gasteiger partial charge on any atom is -0.396 e. The molecule has 11 heavy (non-hydrogen) atoms. The highest BCUT2D eigenvalue weighted by Crippen LogP contribution is 2.01. The van der Waals surface area contributed by atoms with Gasteiger partial charge >= 0.3 is 0 Å². The topological polar surface area (TPSA) is 92.5 Å². The van der Waals surface area contributed by atoms with Crippen LogP contribution in [0.5, 0.6) is 0 Å². The van der Waals surface area contributed by atoms with Crippen LogP contribution in [0, 0.1) is 0 Å². The zero-order valence-electron chi connectivity index (χ0n) is 6.74. The predicted molar refractivity (Wildman–Crippen MR) is 44.0 cm³/mol. The van der Waals surface area contributed by atoms with Crippen LogP contribution in [0.1, 0.15) is 19.3 Å². The predicted octanol–water partition coefficient (Wildman–Crippen LogP) is -1.20. The minimum absolute atomic E-state index is 0.128. The molecule has 0 amide bonds. The van der Waals surface area contributed by atoms with Crippen LogP contribution in [-0.2, 0) is 0 Å². The SMILES string of the molecule is NCCC(O)C(N)CCCO. The lowest BCUT2D eigenvalue weighted by atomic mass is 10.0. The molecule has 2 unspecified atom stereocenters. The van der Waals surface area contributed by atoms with Gasteiger partial charge in [-0.3, -0.25) is 0 Å². The van der Waals surface area contributed by atoms with Crippen molar-refractivity contribution in [2.45, 2.75) is 31.4 Å². The second-order valence-corrected chi connectivity index (χ2v) is 2.67. The zero-order valence-corrected chi connectivity index (χ0v) is 6.74. The minimum atomic E-state index is -0.522. The first-order chi connectivity index (χ1) is 5.22. The molecule has 4 nitrogen and oxygen atoms in total. The standard InChI is InChI=1S/C7H18N2O2/c8-4-3-7(11)6(9)2-1-5-10/h6-7,10-11H,1-5,8-9H2. The third-order valence-corrected chi connectivity index (χ3v) is 1.65. The molecule has 2 atom stereocenters. The monoisotopic (exact) mass is 162 g/mol. The van der Waals surface area contributed by atoms with Gasteiger partial charge < -0.3 is 21.7 Å². The summed E-state index contributed by atoms with van der Waals surface area (Å²) in [5, 5.41) is 17.7. The van der Waals surface area contributed by atoms with Crippen molar-refractivity contribution in [2.24, 2.45) is 11.5 Å². The van der Waals surface area contributed by atoms with E-state index in [-0.39, 0.29) is 12.6 Å². The lowest BCUT2D eigenvalue weighted by molar-refractivity contribution is 0.129. The Labute approximate surface area is 67.2 Å². The second kappa shape index (κ2) is 6.54.